The van der Waals surface area contributed by atoms with Gasteiger partial charge in [0.25, 0.3) is 5.91 Å². The van der Waals surface area contributed by atoms with Crippen LogP contribution in [0.4, 0.5) is 4.79 Å². The number of rotatable bonds is 4. The summed E-state index contributed by atoms with van der Waals surface area (Å²) >= 11 is 3.19. The van der Waals surface area contributed by atoms with Crippen LogP contribution in [0.2, 0.25) is 0 Å². The molecular formula is C18H23N3O2S2. The van der Waals surface area contributed by atoms with Crippen molar-refractivity contribution in [3.8, 4) is 0 Å². The van der Waals surface area contributed by atoms with Crippen molar-refractivity contribution in [1.29, 1.82) is 0 Å². The van der Waals surface area contributed by atoms with Crippen LogP contribution in [0.25, 0.3) is 0 Å². The van der Waals surface area contributed by atoms with Crippen molar-refractivity contribution in [1.82, 2.24) is 15.1 Å². The Balaban J connectivity index is 1.46. The normalized spacial score (nSPS) is 15.9. The number of urea groups is 1. The third-order valence-electron chi connectivity index (χ3n) is 4.30. The quantitative estimate of drug-likeness (QED) is 0.889. The minimum atomic E-state index is -0.0400. The van der Waals surface area contributed by atoms with E-state index in [4.69, 9.17) is 0 Å². The molecule has 1 atom stereocenters. The van der Waals surface area contributed by atoms with Gasteiger partial charge in [0.1, 0.15) is 0 Å². The van der Waals surface area contributed by atoms with E-state index in [0.717, 1.165) is 16.2 Å². The zero-order chi connectivity index (χ0) is 17.8. The van der Waals surface area contributed by atoms with Gasteiger partial charge in [-0.2, -0.15) is 11.3 Å². The van der Waals surface area contributed by atoms with Gasteiger partial charge in [0.15, 0.2) is 0 Å². The average molecular weight is 378 g/mol. The standard InChI is InChI=1S/C18H23N3O2S2/c1-13(11-15-5-10-24-12-15)19-18(23)21-8-6-20(7-9-21)17(22)16-4-3-14(2)25-16/h3-5,10,12-13H,6-9,11H2,1-2H3,(H,19,23)/t13-/m1/s1. The topological polar surface area (TPSA) is 52.7 Å². The lowest BCUT2D eigenvalue weighted by Crippen LogP contribution is -2.54. The molecule has 0 radical (unpaired) electrons. The summed E-state index contributed by atoms with van der Waals surface area (Å²) in [5, 5.41) is 7.22. The number of carbonyl (C=O) groups is 2. The number of carbonyl (C=O) groups excluding carboxylic acids is 2. The van der Waals surface area contributed by atoms with E-state index in [-0.39, 0.29) is 18.0 Å². The zero-order valence-electron chi connectivity index (χ0n) is 14.5. The highest BCUT2D eigenvalue weighted by molar-refractivity contribution is 7.13. The lowest BCUT2D eigenvalue weighted by Gasteiger charge is -2.35. The molecule has 1 aliphatic rings. The van der Waals surface area contributed by atoms with E-state index in [2.05, 4.69) is 22.1 Å². The van der Waals surface area contributed by atoms with Crippen LogP contribution in [-0.2, 0) is 6.42 Å². The Morgan fingerprint density at radius 1 is 1.16 bits per heavy atom. The van der Waals surface area contributed by atoms with Gasteiger partial charge in [-0.1, -0.05) is 0 Å². The van der Waals surface area contributed by atoms with Gasteiger partial charge in [-0.3, -0.25) is 4.79 Å². The number of hydrogen-bond acceptors (Lipinski definition) is 4. The molecule has 3 heterocycles. The third-order valence-corrected chi connectivity index (χ3v) is 6.02. The van der Waals surface area contributed by atoms with Crippen LogP contribution in [0.15, 0.2) is 29.0 Å². The molecule has 1 N–H and O–H groups in total. The average Bonchev–Trinajstić information content (AvgIpc) is 3.26. The minimum Gasteiger partial charge on any atom is -0.335 e. The number of nitrogens with one attached hydrogen (secondary N) is 1. The number of nitrogens with zero attached hydrogens (tertiary/aromatic N) is 2. The second-order valence-corrected chi connectivity index (χ2v) is 8.44. The van der Waals surface area contributed by atoms with E-state index in [1.165, 1.54) is 16.9 Å². The third kappa shape index (κ3) is 4.61. The zero-order valence-corrected chi connectivity index (χ0v) is 16.2. The molecule has 1 saturated heterocycles. The van der Waals surface area contributed by atoms with Gasteiger partial charge < -0.3 is 15.1 Å². The lowest BCUT2D eigenvalue weighted by molar-refractivity contribution is 0.0668. The number of amides is 3. The van der Waals surface area contributed by atoms with E-state index in [9.17, 15) is 9.59 Å². The van der Waals surface area contributed by atoms with Gasteiger partial charge in [0.2, 0.25) is 0 Å². The summed E-state index contributed by atoms with van der Waals surface area (Å²) in [4.78, 5) is 30.4. The fraction of sp³-hybridized carbons (Fsp3) is 0.444. The maximum Gasteiger partial charge on any atom is 0.317 e. The van der Waals surface area contributed by atoms with Crippen molar-refractivity contribution in [3.63, 3.8) is 0 Å². The molecule has 0 unspecified atom stereocenters. The predicted octanol–water partition coefficient (Wildman–Crippen LogP) is 3.22. The highest BCUT2D eigenvalue weighted by Crippen LogP contribution is 2.18. The van der Waals surface area contributed by atoms with Gasteiger partial charge in [-0.25, -0.2) is 4.79 Å². The van der Waals surface area contributed by atoms with Crippen molar-refractivity contribution < 1.29 is 9.59 Å². The molecule has 3 amide bonds. The van der Waals surface area contributed by atoms with Crippen LogP contribution in [0.5, 0.6) is 0 Å². The van der Waals surface area contributed by atoms with Crippen molar-refractivity contribution >= 4 is 34.6 Å². The second kappa shape index (κ2) is 8.01. The van der Waals surface area contributed by atoms with Crippen LogP contribution < -0.4 is 5.32 Å². The molecule has 3 rings (SSSR count). The molecule has 25 heavy (non-hydrogen) atoms. The van der Waals surface area contributed by atoms with Gasteiger partial charge in [0, 0.05) is 37.1 Å². The SMILES string of the molecule is Cc1ccc(C(=O)N2CCN(C(=O)N[C@H](C)Cc3ccsc3)CC2)s1. The maximum absolute atomic E-state index is 12.5. The van der Waals surface area contributed by atoms with E-state index >= 15 is 0 Å². The Morgan fingerprint density at radius 3 is 2.48 bits per heavy atom. The van der Waals surface area contributed by atoms with E-state index < -0.39 is 0 Å². The molecule has 0 spiro atoms. The molecule has 0 aliphatic carbocycles. The van der Waals surface area contributed by atoms with Crippen molar-refractivity contribution in [2.45, 2.75) is 26.3 Å². The van der Waals surface area contributed by atoms with Crippen molar-refractivity contribution in [2.24, 2.45) is 0 Å². The first kappa shape index (κ1) is 17.9. The molecule has 7 heteroatoms. The van der Waals surface area contributed by atoms with E-state index in [1.807, 2.05) is 30.9 Å². The molecule has 0 bridgehead atoms. The van der Waals surface area contributed by atoms with E-state index in [0.29, 0.717) is 26.2 Å². The maximum atomic E-state index is 12.5. The minimum absolute atomic E-state index is 0.0400. The largest absolute Gasteiger partial charge is 0.335 e. The number of hydrogen-bond donors (Lipinski definition) is 1. The molecule has 0 aromatic carbocycles. The van der Waals surface area contributed by atoms with Gasteiger partial charge in [-0.15, -0.1) is 11.3 Å². The summed E-state index contributed by atoms with van der Waals surface area (Å²) < 4.78 is 0. The lowest BCUT2D eigenvalue weighted by atomic mass is 10.1. The predicted molar refractivity (Wildman–Crippen MR) is 103 cm³/mol. The Hall–Kier alpha value is -1.86. The fourth-order valence-electron chi connectivity index (χ4n) is 2.93. The van der Waals surface area contributed by atoms with Gasteiger partial charge >= 0.3 is 6.03 Å². The molecular weight excluding hydrogens is 354 g/mol. The summed E-state index contributed by atoms with van der Waals surface area (Å²) in [5.41, 5.74) is 1.25. The van der Waals surface area contributed by atoms with E-state index in [1.54, 1.807) is 16.2 Å². The molecule has 134 valence electrons. The number of piperazine rings is 1. The first-order chi connectivity index (χ1) is 12.0. The summed E-state index contributed by atoms with van der Waals surface area (Å²) in [6.45, 7) is 6.35. The van der Waals surface area contributed by atoms with Crippen LogP contribution in [0, 0.1) is 6.92 Å². The van der Waals surface area contributed by atoms with Crippen molar-refractivity contribution in [2.75, 3.05) is 26.2 Å². The summed E-state index contributed by atoms with van der Waals surface area (Å²) in [6, 6.07) is 5.99. The Kier molecular flexibility index (Phi) is 5.75. The van der Waals surface area contributed by atoms with Crippen LogP contribution in [-0.4, -0.2) is 54.0 Å². The van der Waals surface area contributed by atoms with Crippen LogP contribution in [0.3, 0.4) is 0 Å². The highest BCUT2D eigenvalue weighted by atomic mass is 32.1. The Bertz CT molecular complexity index is 719. The van der Waals surface area contributed by atoms with Gasteiger partial charge in [0.05, 0.1) is 4.88 Å². The monoisotopic (exact) mass is 377 g/mol. The smallest absolute Gasteiger partial charge is 0.317 e. The highest BCUT2D eigenvalue weighted by Gasteiger charge is 2.26. The first-order valence-electron chi connectivity index (χ1n) is 8.45. The Labute approximate surface area is 156 Å². The van der Waals surface area contributed by atoms with Gasteiger partial charge in [-0.05, 0) is 54.8 Å². The van der Waals surface area contributed by atoms with Crippen LogP contribution >= 0.6 is 22.7 Å². The molecule has 0 saturated carbocycles. The Morgan fingerprint density at radius 2 is 1.88 bits per heavy atom. The van der Waals surface area contributed by atoms with Crippen LogP contribution in [0.1, 0.15) is 27.0 Å². The summed E-state index contributed by atoms with van der Waals surface area (Å²) in [5.74, 6) is 0.0731. The number of aryl methyl sites for hydroxylation is 1. The molecule has 2 aromatic rings. The second-order valence-electron chi connectivity index (χ2n) is 6.38. The fourth-order valence-corrected chi connectivity index (χ4v) is 4.45. The molecule has 1 fully saturated rings. The molecule has 2 aromatic heterocycles. The number of thiophene rings is 2. The molecule has 1 aliphatic heterocycles. The summed E-state index contributed by atoms with van der Waals surface area (Å²) in [6.07, 6.45) is 0.839. The molecule has 5 nitrogen and oxygen atoms in total. The van der Waals surface area contributed by atoms with Crippen molar-refractivity contribution in [3.05, 3.63) is 44.3 Å². The summed E-state index contributed by atoms with van der Waals surface area (Å²) in [7, 11) is 0. The first-order valence-corrected chi connectivity index (χ1v) is 10.2.